The average Bonchev–Trinajstić information content (AvgIpc) is 3.00. The molecule has 0 saturated carbocycles. The Bertz CT molecular complexity index is 621. The molecule has 0 aromatic carbocycles. The highest BCUT2D eigenvalue weighted by atomic mass is 16.5. The monoisotopic (exact) mass is 288 g/mol. The number of nitrogens with zero attached hydrogens (tertiary/aromatic N) is 4. The standard InChI is InChI=1S/C14H16N4O3/c1-9-5-11(17-10(2)16-9)13-7-18(3-4-20-13)14(19)12-6-15-8-21-12/h5-6,8,13H,3-4,7H2,1-2H3/t13-/m0/s1. The minimum Gasteiger partial charge on any atom is -0.438 e. The summed E-state index contributed by atoms with van der Waals surface area (Å²) in [5.41, 5.74) is 1.69. The normalized spacial score (nSPS) is 18.8. The lowest BCUT2D eigenvalue weighted by atomic mass is 10.1. The first-order chi connectivity index (χ1) is 10.1. The fourth-order valence-corrected chi connectivity index (χ4v) is 2.40. The van der Waals surface area contributed by atoms with Gasteiger partial charge in [0.05, 0.1) is 25.0 Å². The van der Waals surface area contributed by atoms with E-state index in [2.05, 4.69) is 15.0 Å². The van der Waals surface area contributed by atoms with Crippen molar-refractivity contribution >= 4 is 5.91 Å². The average molecular weight is 288 g/mol. The van der Waals surface area contributed by atoms with Crippen LogP contribution in [0.2, 0.25) is 0 Å². The highest BCUT2D eigenvalue weighted by Crippen LogP contribution is 2.22. The maximum Gasteiger partial charge on any atom is 0.291 e. The Morgan fingerprint density at radius 3 is 2.95 bits per heavy atom. The molecule has 3 rings (SSSR count). The van der Waals surface area contributed by atoms with Gasteiger partial charge in [-0.05, 0) is 19.9 Å². The summed E-state index contributed by atoms with van der Waals surface area (Å²) in [7, 11) is 0. The quantitative estimate of drug-likeness (QED) is 0.828. The number of aryl methyl sites for hydroxylation is 2. The van der Waals surface area contributed by atoms with Crippen molar-refractivity contribution in [1.29, 1.82) is 0 Å². The van der Waals surface area contributed by atoms with E-state index < -0.39 is 0 Å². The molecular formula is C14H16N4O3. The second-order valence-corrected chi connectivity index (χ2v) is 4.96. The lowest BCUT2D eigenvalue weighted by Crippen LogP contribution is -2.42. The SMILES string of the molecule is Cc1cc([C@@H]2CN(C(=O)c3cnco3)CCO2)nc(C)n1. The number of rotatable bonds is 2. The molecule has 1 atom stereocenters. The van der Waals surface area contributed by atoms with E-state index in [0.29, 0.717) is 25.5 Å². The topological polar surface area (TPSA) is 81.4 Å². The van der Waals surface area contributed by atoms with Crippen molar-refractivity contribution in [2.24, 2.45) is 0 Å². The van der Waals surface area contributed by atoms with Gasteiger partial charge in [0.15, 0.2) is 6.39 Å². The van der Waals surface area contributed by atoms with E-state index in [1.54, 1.807) is 4.90 Å². The summed E-state index contributed by atoms with van der Waals surface area (Å²) in [6.07, 6.45) is 2.43. The zero-order valence-electron chi connectivity index (χ0n) is 11.9. The second kappa shape index (κ2) is 5.61. The van der Waals surface area contributed by atoms with Crippen LogP contribution in [0.5, 0.6) is 0 Å². The Balaban J connectivity index is 1.78. The minimum absolute atomic E-state index is 0.177. The molecule has 3 heterocycles. The van der Waals surface area contributed by atoms with Crippen LogP contribution in [0, 0.1) is 13.8 Å². The number of oxazole rings is 1. The van der Waals surface area contributed by atoms with Gasteiger partial charge in [0.25, 0.3) is 5.91 Å². The Morgan fingerprint density at radius 2 is 2.24 bits per heavy atom. The van der Waals surface area contributed by atoms with Crippen LogP contribution < -0.4 is 0 Å². The van der Waals surface area contributed by atoms with E-state index in [4.69, 9.17) is 9.15 Å². The van der Waals surface area contributed by atoms with Crippen LogP contribution in [-0.2, 0) is 4.74 Å². The summed E-state index contributed by atoms with van der Waals surface area (Å²) < 4.78 is 10.8. The highest BCUT2D eigenvalue weighted by Gasteiger charge is 2.28. The first kappa shape index (κ1) is 13.7. The van der Waals surface area contributed by atoms with Gasteiger partial charge < -0.3 is 14.1 Å². The van der Waals surface area contributed by atoms with E-state index in [1.165, 1.54) is 12.6 Å². The van der Waals surface area contributed by atoms with E-state index in [1.807, 2.05) is 19.9 Å². The Hall–Kier alpha value is -2.28. The highest BCUT2D eigenvalue weighted by molar-refractivity contribution is 5.91. The maximum atomic E-state index is 12.3. The third-order valence-electron chi connectivity index (χ3n) is 3.31. The molecule has 2 aromatic heterocycles. The summed E-state index contributed by atoms with van der Waals surface area (Å²) >= 11 is 0. The number of carbonyl (C=O) groups excluding carboxylic acids is 1. The number of ether oxygens (including phenoxy) is 1. The molecule has 0 radical (unpaired) electrons. The number of hydrogen-bond acceptors (Lipinski definition) is 6. The molecule has 2 aromatic rings. The molecule has 1 aliphatic rings. The fraction of sp³-hybridized carbons (Fsp3) is 0.429. The molecule has 1 fully saturated rings. The molecule has 0 spiro atoms. The van der Waals surface area contributed by atoms with Crippen molar-refractivity contribution in [1.82, 2.24) is 19.9 Å². The Morgan fingerprint density at radius 1 is 1.38 bits per heavy atom. The van der Waals surface area contributed by atoms with Crippen molar-refractivity contribution in [3.8, 4) is 0 Å². The summed E-state index contributed by atoms with van der Waals surface area (Å²) in [4.78, 5) is 26.4. The summed E-state index contributed by atoms with van der Waals surface area (Å²) in [6.45, 7) is 5.19. The molecule has 0 unspecified atom stereocenters. The van der Waals surface area contributed by atoms with Gasteiger partial charge in [-0.15, -0.1) is 0 Å². The van der Waals surface area contributed by atoms with E-state index in [0.717, 1.165) is 11.4 Å². The molecule has 21 heavy (non-hydrogen) atoms. The molecule has 7 nitrogen and oxygen atoms in total. The lowest BCUT2D eigenvalue weighted by molar-refractivity contribution is -0.0258. The van der Waals surface area contributed by atoms with Crippen molar-refractivity contribution in [2.45, 2.75) is 20.0 Å². The van der Waals surface area contributed by atoms with Crippen LogP contribution in [0.4, 0.5) is 0 Å². The molecule has 110 valence electrons. The molecule has 7 heteroatoms. The lowest BCUT2D eigenvalue weighted by Gasteiger charge is -2.32. The fourth-order valence-electron chi connectivity index (χ4n) is 2.40. The number of morpholine rings is 1. The van der Waals surface area contributed by atoms with Crippen molar-refractivity contribution in [3.05, 3.63) is 41.6 Å². The van der Waals surface area contributed by atoms with Crippen LogP contribution in [0.15, 0.2) is 23.1 Å². The number of aromatic nitrogens is 3. The predicted octanol–water partition coefficient (Wildman–Crippen LogP) is 1.30. The molecule has 1 amide bonds. The molecule has 1 aliphatic heterocycles. The molecular weight excluding hydrogens is 272 g/mol. The number of hydrogen-bond donors (Lipinski definition) is 0. The third kappa shape index (κ3) is 2.92. The first-order valence-electron chi connectivity index (χ1n) is 6.75. The van der Waals surface area contributed by atoms with Gasteiger partial charge in [-0.2, -0.15) is 0 Å². The molecule has 0 N–H and O–H groups in total. The van der Waals surface area contributed by atoms with Crippen LogP contribution in [0.1, 0.15) is 33.9 Å². The largest absolute Gasteiger partial charge is 0.438 e. The van der Waals surface area contributed by atoms with Crippen molar-refractivity contribution < 1.29 is 13.9 Å². The Labute approximate surface area is 122 Å². The van der Waals surface area contributed by atoms with Gasteiger partial charge in [0.1, 0.15) is 11.9 Å². The van der Waals surface area contributed by atoms with Crippen LogP contribution in [0.25, 0.3) is 0 Å². The van der Waals surface area contributed by atoms with Crippen LogP contribution >= 0.6 is 0 Å². The summed E-state index contributed by atoms with van der Waals surface area (Å²) in [6, 6.07) is 1.89. The zero-order valence-corrected chi connectivity index (χ0v) is 11.9. The van der Waals surface area contributed by atoms with Gasteiger partial charge in [0.2, 0.25) is 5.76 Å². The second-order valence-electron chi connectivity index (χ2n) is 4.96. The van der Waals surface area contributed by atoms with Gasteiger partial charge in [0, 0.05) is 12.2 Å². The first-order valence-corrected chi connectivity index (χ1v) is 6.75. The minimum atomic E-state index is -0.244. The van der Waals surface area contributed by atoms with Gasteiger partial charge in [-0.3, -0.25) is 4.79 Å². The Kier molecular flexibility index (Phi) is 3.66. The smallest absolute Gasteiger partial charge is 0.291 e. The number of amides is 1. The van der Waals surface area contributed by atoms with Gasteiger partial charge in [-0.1, -0.05) is 0 Å². The van der Waals surface area contributed by atoms with Crippen molar-refractivity contribution in [2.75, 3.05) is 19.7 Å². The maximum absolute atomic E-state index is 12.3. The van der Waals surface area contributed by atoms with E-state index in [-0.39, 0.29) is 17.8 Å². The zero-order chi connectivity index (χ0) is 14.8. The van der Waals surface area contributed by atoms with Crippen LogP contribution in [-0.4, -0.2) is 45.5 Å². The van der Waals surface area contributed by atoms with Crippen LogP contribution in [0.3, 0.4) is 0 Å². The predicted molar refractivity (Wildman–Crippen MR) is 72.6 cm³/mol. The summed E-state index contributed by atoms with van der Waals surface area (Å²) in [5, 5.41) is 0. The third-order valence-corrected chi connectivity index (χ3v) is 3.31. The summed E-state index contributed by atoms with van der Waals surface area (Å²) in [5.74, 6) is 0.765. The van der Waals surface area contributed by atoms with Crippen molar-refractivity contribution in [3.63, 3.8) is 0 Å². The van der Waals surface area contributed by atoms with E-state index >= 15 is 0 Å². The van der Waals surface area contributed by atoms with Gasteiger partial charge in [-0.25, -0.2) is 15.0 Å². The molecule has 1 saturated heterocycles. The van der Waals surface area contributed by atoms with E-state index in [9.17, 15) is 4.79 Å². The van der Waals surface area contributed by atoms with Gasteiger partial charge >= 0.3 is 0 Å². The molecule has 0 bridgehead atoms. The number of carbonyl (C=O) groups is 1. The molecule has 0 aliphatic carbocycles.